The molecule has 0 radical (unpaired) electrons. The zero-order valence-corrected chi connectivity index (χ0v) is 26.0. The van der Waals surface area contributed by atoms with Crippen LogP contribution >= 0.6 is 0 Å². The Morgan fingerprint density at radius 3 is 1.87 bits per heavy atom. The Balaban J connectivity index is 0.000000124. The molecular weight excluding hydrogens is 596 g/mol. The molecule has 13 heteroatoms. The molecule has 0 spiro atoms. The number of imidazole rings is 1. The zero-order valence-electron chi connectivity index (χ0n) is 26.0. The Labute approximate surface area is 270 Å². The van der Waals surface area contributed by atoms with Gasteiger partial charge in [-0.15, -0.1) is 0 Å². The Morgan fingerprint density at radius 2 is 1.28 bits per heavy atom. The molecule has 9 N–H and O–H groups in total. The highest BCUT2D eigenvalue weighted by atomic mass is 16.2. The lowest BCUT2D eigenvalue weighted by Gasteiger charge is -2.03. The number of aromatic nitrogens is 6. The number of carbonyl (C=O) groups excluding carboxylic acids is 3. The van der Waals surface area contributed by atoms with E-state index in [1.54, 1.807) is 6.20 Å². The summed E-state index contributed by atoms with van der Waals surface area (Å²) >= 11 is 0. The molecule has 3 heterocycles. The first-order valence-electron chi connectivity index (χ1n) is 16.2. The quantitative estimate of drug-likeness (QED) is 0.108. The maximum Gasteiger partial charge on any atom is 0.255 e. The third-order valence-corrected chi connectivity index (χ3v) is 8.97. The fourth-order valence-electron chi connectivity index (χ4n) is 6.05. The van der Waals surface area contributed by atoms with Crippen molar-refractivity contribution in [2.75, 3.05) is 11.5 Å². The number of aldehydes is 1. The molecule has 2 aromatic carbocycles. The van der Waals surface area contributed by atoms with Crippen molar-refractivity contribution in [2.45, 2.75) is 76.3 Å². The van der Waals surface area contributed by atoms with Crippen molar-refractivity contribution in [2.24, 2.45) is 0 Å². The van der Waals surface area contributed by atoms with E-state index in [9.17, 15) is 14.4 Å². The first kappa shape index (κ1) is 30.2. The van der Waals surface area contributed by atoms with Crippen LogP contribution in [0.15, 0.2) is 36.7 Å². The van der Waals surface area contributed by atoms with Crippen LogP contribution in [0.4, 0.5) is 11.4 Å². The molecule has 2 saturated carbocycles. The van der Waals surface area contributed by atoms with E-state index in [-0.39, 0.29) is 17.5 Å². The summed E-state index contributed by atoms with van der Waals surface area (Å²) in [5.41, 5.74) is 22.1. The lowest BCUT2D eigenvalue weighted by atomic mass is 10.1. The fourth-order valence-corrected chi connectivity index (χ4v) is 6.05. The monoisotopic (exact) mass is 634 g/mol. The normalized spacial score (nSPS) is 15.9. The Bertz CT molecular complexity index is 1890. The maximum atomic E-state index is 12.3. The van der Waals surface area contributed by atoms with E-state index < -0.39 is 0 Å². The van der Waals surface area contributed by atoms with Crippen molar-refractivity contribution in [3.05, 3.63) is 75.7 Å². The summed E-state index contributed by atoms with van der Waals surface area (Å²) in [6, 6.07) is 8.99. The van der Waals surface area contributed by atoms with Gasteiger partial charge in [0.25, 0.3) is 11.8 Å². The molecule has 0 unspecified atom stereocenters. The van der Waals surface area contributed by atoms with E-state index in [2.05, 4.69) is 53.1 Å². The second-order valence-electron chi connectivity index (χ2n) is 12.6. The van der Waals surface area contributed by atoms with E-state index in [1.165, 1.54) is 54.1 Å². The van der Waals surface area contributed by atoms with E-state index >= 15 is 0 Å². The van der Waals surface area contributed by atoms with Crippen molar-refractivity contribution in [1.82, 2.24) is 41.0 Å². The number of amides is 2. The van der Waals surface area contributed by atoms with Gasteiger partial charge < -0.3 is 27.1 Å². The van der Waals surface area contributed by atoms with Crippen molar-refractivity contribution in [1.29, 1.82) is 0 Å². The van der Waals surface area contributed by atoms with Crippen molar-refractivity contribution >= 4 is 40.5 Å². The lowest BCUT2D eigenvalue weighted by molar-refractivity contribution is 0.0941. The van der Waals surface area contributed by atoms with Crippen LogP contribution in [-0.2, 0) is 25.7 Å². The van der Waals surface area contributed by atoms with Gasteiger partial charge >= 0.3 is 0 Å². The highest BCUT2D eigenvalue weighted by Gasteiger charge is 2.27. The maximum absolute atomic E-state index is 12.3. The first-order chi connectivity index (χ1) is 22.9. The number of nitrogens with one attached hydrogen (secondary N) is 5. The number of fused-ring (bicyclic) bond motifs is 3. The predicted molar refractivity (Wildman–Crippen MR) is 178 cm³/mol. The fraction of sp³-hybridized carbons (Fsp3) is 0.353. The standard InChI is InChI=1S/C17H17N5O.C9H12N2.C8H9N3O2/c23-17(19-11-4-5-11)12-8-18-22-15(12)16-20-13-6-9-2-1-3-10(9)7-14(13)21-16;10-8-4-6-2-1-3-7(6)5-9(8)11;12-4-7-6(3-9-11-7)8(13)10-5-1-2-5/h6-8,11H,1-5H2,(H,18,22)(H,19,23)(H,20,21);4-5H,1-3,10-11H2;3-5H,1-2H2,(H,9,11)(H,10,13). The second-order valence-corrected chi connectivity index (χ2v) is 12.6. The SMILES string of the molecule is Nc1cc2c(cc1N)CCC2.O=C(NC1CC1)c1cn[nH]c1-c1nc2cc3c(cc2[nH]1)CCC3.O=Cc1[nH]ncc1C(=O)NC1CC1. The van der Waals surface area contributed by atoms with Gasteiger partial charge in [0.1, 0.15) is 11.4 Å². The molecule has 0 atom stereocenters. The third kappa shape index (κ3) is 6.74. The van der Waals surface area contributed by atoms with Crippen molar-refractivity contribution in [3.8, 4) is 11.5 Å². The average molecular weight is 635 g/mol. The predicted octanol–water partition coefficient (Wildman–Crippen LogP) is 3.79. The van der Waals surface area contributed by atoms with Crippen molar-refractivity contribution in [3.63, 3.8) is 0 Å². The van der Waals surface area contributed by atoms with Crippen LogP contribution in [0.3, 0.4) is 0 Å². The summed E-state index contributed by atoms with van der Waals surface area (Å²) in [5.74, 6) is 0.361. The molecule has 242 valence electrons. The van der Waals surface area contributed by atoms with Crippen LogP contribution in [0.5, 0.6) is 0 Å². The van der Waals surface area contributed by atoms with Gasteiger partial charge in [-0.05, 0) is 111 Å². The number of hydrogen-bond donors (Lipinski definition) is 7. The molecule has 13 nitrogen and oxygen atoms in total. The van der Waals surface area contributed by atoms with Gasteiger partial charge in [0, 0.05) is 12.1 Å². The number of rotatable bonds is 6. The summed E-state index contributed by atoms with van der Waals surface area (Å²) in [6.45, 7) is 0. The number of aromatic amines is 3. The minimum atomic E-state index is -0.224. The molecule has 4 aliphatic carbocycles. The van der Waals surface area contributed by atoms with Gasteiger partial charge in [0.15, 0.2) is 12.1 Å². The average Bonchev–Trinajstić information content (AvgIpc) is 3.63. The van der Waals surface area contributed by atoms with E-state index in [0.29, 0.717) is 41.0 Å². The summed E-state index contributed by atoms with van der Waals surface area (Å²) in [6.07, 6.45) is 14.8. The first-order valence-corrected chi connectivity index (χ1v) is 16.2. The summed E-state index contributed by atoms with van der Waals surface area (Å²) in [7, 11) is 0. The van der Waals surface area contributed by atoms with Crippen LogP contribution in [-0.4, -0.2) is 60.5 Å². The van der Waals surface area contributed by atoms with Crippen molar-refractivity contribution < 1.29 is 14.4 Å². The Kier molecular flexibility index (Phi) is 8.19. The molecule has 9 rings (SSSR count). The van der Waals surface area contributed by atoms with Gasteiger partial charge in [0.2, 0.25) is 0 Å². The minimum absolute atomic E-state index is 0.0841. The van der Waals surface area contributed by atoms with Crippen LogP contribution < -0.4 is 22.1 Å². The topological polar surface area (TPSA) is 213 Å². The largest absolute Gasteiger partial charge is 0.397 e. The third-order valence-electron chi connectivity index (χ3n) is 8.97. The molecule has 3 aromatic heterocycles. The molecule has 0 aliphatic heterocycles. The van der Waals surface area contributed by atoms with Crippen LogP contribution in [0.1, 0.15) is 92.0 Å². The summed E-state index contributed by atoms with van der Waals surface area (Å²) in [5, 5.41) is 18.8. The smallest absolute Gasteiger partial charge is 0.255 e. The van der Waals surface area contributed by atoms with Crippen LogP contribution in [0.2, 0.25) is 0 Å². The zero-order chi connectivity index (χ0) is 32.5. The Hall–Kier alpha value is -5.46. The molecule has 47 heavy (non-hydrogen) atoms. The molecule has 4 aliphatic rings. The molecule has 2 amide bonds. The Morgan fingerprint density at radius 1 is 0.745 bits per heavy atom. The molecule has 2 fully saturated rings. The molecular formula is C34H38N10O3. The van der Waals surface area contributed by atoms with E-state index in [0.717, 1.165) is 60.9 Å². The number of nitrogens with two attached hydrogens (primary N) is 2. The van der Waals surface area contributed by atoms with Gasteiger partial charge in [-0.2, -0.15) is 10.2 Å². The number of nitrogens with zero attached hydrogens (tertiary/aromatic N) is 3. The highest BCUT2D eigenvalue weighted by Crippen LogP contribution is 2.30. The van der Waals surface area contributed by atoms with E-state index in [1.807, 2.05) is 12.1 Å². The number of H-pyrrole nitrogens is 3. The molecule has 0 saturated heterocycles. The number of nitrogen functional groups attached to an aromatic ring is 2. The van der Waals surface area contributed by atoms with E-state index in [4.69, 9.17) is 11.5 Å². The number of hydrogen-bond acceptors (Lipinski definition) is 8. The van der Waals surface area contributed by atoms with Crippen LogP contribution in [0, 0.1) is 0 Å². The number of anilines is 2. The van der Waals surface area contributed by atoms with Gasteiger partial charge in [-0.3, -0.25) is 24.6 Å². The molecule has 0 bridgehead atoms. The molecule has 5 aromatic rings. The van der Waals surface area contributed by atoms with Gasteiger partial charge in [0.05, 0.1) is 45.9 Å². The number of carbonyl (C=O) groups is 3. The van der Waals surface area contributed by atoms with Gasteiger partial charge in [-0.25, -0.2) is 4.98 Å². The highest BCUT2D eigenvalue weighted by molar-refractivity contribution is 6.01. The van der Waals surface area contributed by atoms with Crippen LogP contribution in [0.25, 0.3) is 22.6 Å². The minimum Gasteiger partial charge on any atom is -0.397 e. The number of benzene rings is 2. The number of aryl methyl sites for hydroxylation is 4. The second kappa shape index (κ2) is 12.7. The summed E-state index contributed by atoms with van der Waals surface area (Å²) in [4.78, 5) is 42.2. The van der Waals surface area contributed by atoms with Gasteiger partial charge in [-0.1, -0.05) is 0 Å². The summed E-state index contributed by atoms with van der Waals surface area (Å²) < 4.78 is 0. The lowest BCUT2D eigenvalue weighted by Crippen LogP contribution is -2.25.